The average molecular weight is 345 g/mol. The number of thiophene rings is 1. The Kier molecular flexibility index (Phi) is 4.91. The summed E-state index contributed by atoms with van der Waals surface area (Å²) in [6.07, 6.45) is 0.665. The van der Waals surface area contributed by atoms with E-state index in [0.717, 1.165) is 10.4 Å². The van der Waals surface area contributed by atoms with Crippen molar-refractivity contribution < 1.29 is 22.7 Å². The molecule has 0 radical (unpaired) electrons. The van der Waals surface area contributed by atoms with Crippen molar-refractivity contribution in [2.45, 2.75) is 26.7 Å². The molecule has 1 N–H and O–H groups in total. The molecule has 1 aliphatic rings. The van der Waals surface area contributed by atoms with Crippen molar-refractivity contribution in [3.05, 3.63) is 16.0 Å². The molecule has 1 amide bonds. The number of anilines is 1. The lowest BCUT2D eigenvalue weighted by Crippen LogP contribution is -2.18. The zero-order valence-corrected chi connectivity index (χ0v) is 14.4. The predicted octanol–water partition coefficient (Wildman–Crippen LogP) is 1.91. The second-order valence-corrected chi connectivity index (χ2v) is 8.95. The Morgan fingerprint density at radius 1 is 1.36 bits per heavy atom. The first-order valence-electron chi connectivity index (χ1n) is 6.92. The standard InChI is InChI=1S/C14H19NO5S2/c1-8-9(2)21-13(12(8)14(17)20-3)15-11(16)6-10-4-5-22(18,19)7-10/h10H,4-7H2,1-3H3,(H,15,16)/t10-/m0/s1. The normalized spacial score (nSPS) is 19.9. The smallest absolute Gasteiger partial charge is 0.341 e. The number of hydrogen-bond acceptors (Lipinski definition) is 6. The van der Waals surface area contributed by atoms with Crippen LogP contribution in [0.25, 0.3) is 0 Å². The monoisotopic (exact) mass is 345 g/mol. The minimum atomic E-state index is -2.99. The molecule has 2 heterocycles. The summed E-state index contributed by atoms with van der Waals surface area (Å²) in [4.78, 5) is 24.9. The fourth-order valence-electron chi connectivity index (χ4n) is 2.54. The van der Waals surface area contributed by atoms with Gasteiger partial charge in [-0.25, -0.2) is 13.2 Å². The molecule has 1 fully saturated rings. The van der Waals surface area contributed by atoms with Crippen LogP contribution in [0.2, 0.25) is 0 Å². The van der Waals surface area contributed by atoms with Crippen LogP contribution >= 0.6 is 11.3 Å². The van der Waals surface area contributed by atoms with Crippen molar-refractivity contribution in [3.63, 3.8) is 0 Å². The molecule has 122 valence electrons. The van der Waals surface area contributed by atoms with Gasteiger partial charge in [0, 0.05) is 11.3 Å². The molecule has 0 aliphatic carbocycles. The molecule has 1 aromatic heterocycles. The van der Waals surface area contributed by atoms with Crippen LogP contribution < -0.4 is 5.32 Å². The summed E-state index contributed by atoms with van der Waals surface area (Å²) >= 11 is 1.32. The molecule has 2 rings (SSSR count). The molecular formula is C14H19NO5S2. The minimum Gasteiger partial charge on any atom is -0.465 e. The third-order valence-electron chi connectivity index (χ3n) is 3.83. The van der Waals surface area contributed by atoms with Crippen LogP contribution in [-0.4, -0.2) is 38.9 Å². The van der Waals surface area contributed by atoms with Crippen molar-refractivity contribution in [2.24, 2.45) is 5.92 Å². The lowest BCUT2D eigenvalue weighted by atomic mass is 10.1. The molecule has 0 spiro atoms. The van der Waals surface area contributed by atoms with Crippen molar-refractivity contribution in [1.29, 1.82) is 0 Å². The zero-order valence-electron chi connectivity index (χ0n) is 12.8. The number of ether oxygens (including phenoxy) is 1. The maximum absolute atomic E-state index is 12.1. The molecule has 22 heavy (non-hydrogen) atoms. The number of nitrogens with one attached hydrogen (secondary N) is 1. The van der Waals surface area contributed by atoms with Gasteiger partial charge in [0.05, 0.1) is 24.2 Å². The van der Waals surface area contributed by atoms with Gasteiger partial charge < -0.3 is 10.1 Å². The van der Waals surface area contributed by atoms with E-state index in [-0.39, 0.29) is 29.8 Å². The van der Waals surface area contributed by atoms with E-state index >= 15 is 0 Å². The van der Waals surface area contributed by atoms with Gasteiger partial charge in [-0.3, -0.25) is 4.79 Å². The molecule has 1 atom stereocenters. The van der Waals surface area contributed by atoms with Gasteiger partial charge in [0.25, 0.3) is 0 Å². The third kappa shape index (κ3) is 3.67. The van der Waals surface area contributed by atoms with E-state index in [4.69, 9.17) is 4.74 Å². The molecule has 0 bridgehead atoms. The highest BCUT2D eigenvalue weighted by molar-refractivity contribution is 7.91. The Labute approximate surface area is 133 Å². The van der Waals surface area contributed by atoms with E-state index < -0.39 is 15.8 Å². The van der Waals surface area contributed by atoms with Gasteiger partial charge in [-0.05, 0) is 31.7 Å². The van der Waals surface area contributed by atoms with Crippen molar-refractivity contribution in [3.8, 4) is 0 Å². The minimum absolute atomic E-state index is 0.0623. The van der Waals surface area contributed by atoms with Crippen LogP contribution in [-0.2, 0) is 19.4 Å². The molecule has 0 unspecified atom stereocenters. The van der Waals surface area contributed by atoms with E-state index in [0.29, 0.717) is 17.0 Å². The summed E-state index contributed by atoms with van der Waals surface area (Å²) in [5.41, 5.74) is 1.16. The lowest BCUT2D eigenvalue weighted by molar-refractivity contribution is -0.116. The number of carbonyl (C=O) groups excluding carboxylic acids is 2. The van der Waals surface area contributed by atoms with Crippen LogP contribution in [0.1, 0.15) is 33.6 Å². The summed E-state index contributed by atoms with van der Waals surface area (Å²) in [6.45, 7) is 3.67. The van der Waals surface area contributed by atoms with Crippen molar-refractivity contribution in [1.82, 2.24) is 0 Å². The van der Waals surface area contributed by atoms with Crippen LogP contribution in [0.5, 0.6) is 0 Å². The first kappa shape index (κ1) is 17.0. The Balaban J connectivity index is 2.09. The van der Waals surface area contributed by atoms with Gasteiger partial charge in [-0.1, -0.05) is 0 Å². The first-order chi connectivity index (χ1) is 10.2. The fourth-order valence-corrected chi connectivity index (χ4v) is 5.46. The first-order valence-corrected chi connectivity index (χ1v) is 9.56. The number of hydrogen-bond donors (Lipinski definition) is 1. The highest BCUT2D eigenvalue weighted by atomic mass is 32.2. The summed E-state index contributed by atoms with van der Waals surface area (Å²) in [5.74, 6) is -0.689. The Bertz CT molecular complexity index is 705. The summed E-state index contributed by atoms with van der Waals surface area (Å²) in [6, 6.07) is 0. The third-order valence-corrected chi connectivity index (χ3v) is 6.79. The van der Waals surface area contributed by atoms with Gasteiger partial charge in [0.1, 0.15) is 5.00 Å². The molecule has 1 aromatic rings. The highest BCUT2D eigenvalue weighted by Crippen LogP contribution is 2.33. The molecule has 8 heteroatoms. The topological polar surface area (TPSA) is 89.5 Å². The van der Waals surface area contributed by atoms with E-state index in [1.54, 1.807) is 6.92 Å². The maximum Gasteiger partial charge on any atom is 0.341 e. The quantitative estimate of drug-likeness (QED) is 0.842. The van der Waals surface area contributed by atoms with E-state index in [1.165, 1.54) is 18.4 Å². The van der Waals surface area contributed by atoms with Crippen molar-refractivity contribution in [2.75, 3.05) is 23.9 Å². The van der Waals surface area contributed by atoms with Crippen LogP contribution in [0.15, 0.2) is 0 Å². The zero-order chi connectivity index (χ0) is 16.5. The fraction of sp³-hybridized carbons (Fsp3) is 0.571. The number of methoxy groups -OCH3 is 1. The molecule has 1 saturated heterocycles. The number of sulfone groups is 1. The van der Waals surface area contributed by atoms with Gasteiger partial charge in [0.2, 0.25) is 5.91 Å². The molecule has 0 saturated carbocycles. The Morgan fingerprint density at radius 3 is 2.59 bits per heavy atom. The number of rotatable bonds is 4. The molecule has 6 nitrogen and oxygen atoms in total. The lowest BCUT2D eigenvalue weighted by Gasteiger charge is -2.09. The predicted molar refractivity (Wildman–Crippen MR) is 85.1 cm³/mol. The summed E-state index contributed by atoms with van der Waals surface area (Å²) < 4.78 is 27.6. The maximum atomic E-state index is 12.1. The molecule has 1 aliphatic heterocycles. The number of carbonyl (C=O) groups is 2. The average Bonchev–Trinajstić information content (AvgIpc) is 2.89. The number of amides is 1. The largest absolute Gasteiger partial charge is 0.465 e. The second-order valence-electron chi connectivity index (χ2n) is 5.50. The summed E-state index contributed by atoms with van der Waals surface area (Å²) in [5, 5.41) is 3.19. The van der Waals surface area contributed by atoms with E-state index in [9.17, 15) is 18.0 Å². The van der Waals surface area contributed by atoms with E-state index in [2.05, 4.69) is 5.32 Å². The SMILES string of the molecule is COC(=O)c1c(NC(=O)C[C@@H]2CCS(=O)(=O)C2)sc(C)c1C. The summed E-state index contributed by atoms with van der Waals surface area (Å²) in [7, 11) is -1.70. The Hall–Kier alpha value is -1.41. The molecule has 0 aromatic carbocycles. The number of esters is 1. The highest BCUT2D eigenvalue weighted by Gasteiger charge is 2.30. The van der Waals surface area contributed by atoms with Gasteiger partial charge in [0.15, 0.2) is 9.84 Å². The number of aryl methyl sites for hydroxylation is 1. The van der Waals surface area contributed by atoms with Crippen molar-refractivity contribution >= 4 is 38.1 Å². The van der Waals surface area contributed by atoms with Gasteiger partial charge in [-0.15, -0.1) is 11.3 Å². The second kappa shape index (κ2) is 6.37. The van der Waals surface area contributed by atoms with E-state index in [1.807, 2.05) is 6.92 Å². The van der Waals surface area contributed by atoms with Crippen LogP contribution in [0, 0.1) is 19.8 Å². The van der Waals surface area contributed by atoms with Crippen LogP contribution in [0.3, 0.4) is 0 Å². The van der Waals surface area contributed by atoms with Gasteiger partial charge >= 0.3 is 5.97 Å². The Morgan fingerprint density at radius 2 is 2.05 bits per heavy atom. The molecular weight excluding hydrogens is 326 g/mol. The van der Waals surface area contributed by atoms with Gasteiger partial charge in [-0.2, -0.15) is 0 Å². The van der Waals surface area contributed by atoms with Crippen LogP contribution in [0.4, 0.5) is 5.00 Å².